The summed E-state index contributed by atoms with van der Waals surface area (Å²) in [4.78, 5) is 0. The smallest absolute Gasteiger partial charge is 0.0991 e. The predicted molar refractivity (Wildman–Crippen MR) is 165 cm³/mol. The number of nitriles is 1. The lowest BCUT2D eigenvalue weighted by Gasteiger charge is -2.11. The molecule has 2 aromatic heterocycles. The number of fused-ring (bicyclic) bond motifs is 6. The maximum atomic E-state index is 9.50. The van der Waals surface area contributed by atoms with Gasteiger partial charge in [-0.3, -0.25) is 0 Å². The molecule has 8 rings (SSSR count). The van der Waals surface area contributed by atoms with Crippen LogP contribution in [-0.2, 0) is 0 Å². The normalized spacial score (nSPS) is 11.5. The van der Waals surface area contributed by atoms with Gasteiger partial charge in [0.25, 0.3) is 0 Å². The molecule has 186 valence electrons. The van der Waals surface area contributed by atoms with Crippen molar-refractivity contribution in [3.63, 3.8) is 0 Å². The SMILES string of the molecule is N#Cc1ccc2c(c1)c1ccccc1n2-c1cccc(-c2ccc3c(c2)c2ccccc2n3-c2ccccc2)c1. The Hall–Kier alpha value is -5.59. The summed E-state index contributed by atoms with van der Waals surface area (Å²) in [5, 5.41) is 14.2. The first-order valence-corrected chi connectivity index (χ1v) is 13.4. The standard InChI is InChI=1S/C37H23N3/c38-24-25-17-19-36-32(21-25)30-13-4-7-16-35(30)40(36)29-12-8-9-26(22-29)27-18-20-37-33(23-27)31-14-5-6-15-34(31)39(37)28-10-2-1-3-11-28/h1-23H. The first-order chi connectivity index (χ1) is 19.8. The number of hydrogen-bond donors (Lipinski definition) is 0. The summed E-state index contributed by atoms with van der Waals surface area (Å²) in [5.41, 5.74) is 9.90. The molecule has 2 heterocycles. The third kappa shape index (κ3) is 3.30. The highest BCUT2D eigenvalue weighted by Gasteiger charge is 2.15. The third-order valence-electron chi connectivity index (χ3n) is 7.93. The molecule has 0 radical (unpaired) electrons. The summed E-state index contributed by atoms with van der Waals surface area (Å²) in [7, 11) is 0. The molecule has 0 bridgehead atoms. The van der Waals surface area contributed by atoms with Gasteiger partial charge in [-0.1, -0.05) is 72.8 Å². The molecule has 0 atom stereocenters. The summed E-state index contributed by atoms with van der Waals surface area (Å²) in [6.45, 7) is 0. The van der Waals surface area contributed by atoms with Crippen molar-refractivity contribution in [2.75, 3.05) is 0 Å². The summed E-state index contributed by atoms with van der Waals surface area (Å²) in [6.07, 6.45) is 0. The number of aromatic nitrogens is 2. The molecule has 0 unspecified atom stereocenters. The van der Waals surface area contributed by atoms with E-state index in [1.165, 1.54) is 27.4 Å². The van der Waals surface area contributed by atoms with Gasteiger partial charge < -0.3 is 9.13 Å². The van der Waals surface area contributed by atoms with E-state index < -0.39 is 0 Å². The van der Waals surface area contributed by atoms with Crippen LogP contribution in [0.2, 0.25) is 0 Å². The Morgan fingerprint density at radius 1 is 0.400 bits per heavy atom. The van der Waals surface area contributed by atoms with Crippen LogP contribution < -0.4 is 0 Å². The number of hydrogen-bond acceptors (Lipinski definition) is 1. The lowest BCUT2D eigenvalue weighted by Crippen LogP contribution is -1.94. The van der Waals surface area contributed by atoms with Gasteiger partial charge in [0.2, 0.25) is 0 Å². The Morgan fingerprint density at radius 2 is 0.950 bits per heavy atom. The van der Waals surface area contributed by atoms with Gasteiger partial charge in [-0.05, 0) is 77.9 Å². The maximum Gasteiger partial charge on any atom is 0.0991 e. The van der Waals surface area contributed by atoms with Crippen molar-refractivity contribution in [2.45, 2.75) is 0 Å². The van der Waals surface area contributed by atoms with Gasteiger partial charge in [0.05, 0.1) is 33.7 Å². The molecule has 0 fully saturated rings. The molecule has 0 amide bonds. The molecule has 6 aromatic carbocycles. The van der Waals surface area contributed by atoms with E-state index in [1.54, 1.807) is 0 Å². The van der Waals surface area contributed by atoms with E-state index >= 15 is 0 Å². The fourth-order valence-electron chi connectivity index (χ4n) is 6.15. The average molecular weight is 510 g/mol. The van der Waals surface area contributed by atoms with Crippen LogP contribution in [0.1, 0.15) is 5.56 Å². The molecule has 0 saturated heterocycles. The van der Waals surface area contributed by atoms with E-state index in [0.717, 1.165) is 38.7 Å². The number of rotatable bonds is 3. The van der Waals surface area contributed by atoms with Gasteiger partial charge >= 0.3 is 0 Å². The number of benzene rings is 6. The molecule has 0 spiro atoms. The highest BCUT2D eigenvalue weighted by Crippen LogP contribution is 2.37. The minimum absolute atomic E-state index is 0.673. The first kappa shape index (κ1) is 22.4. The lowest BCUT2D eigenvalue weighted by molar-refractivity contribution is 1.18. The van der Waals surface area contributed by atoms with Crippen LogP contribution in [0, 0.1) is 11.3 Å². The van der Waals surface area contributed by atoms with E-state index in [4.69, 9.17) is 0 Å². The van der Waals surface area contributed by atoms with Crippen LogP contribution in [0.4, 0.5) is 0 Å². The predicted octanol–water partition coefficient (Wildman–Crippen LogP) is 9.42. The van der Waals surface area contributed by atoms with Crippen LogP contribution in [0.15, 0.2) is 140 Å². The summed E-state index contributed by atoms with van der Waals surface area (Å²) < 4.78 is 4.65. The quantitative estimate of drug-likeness (QED) is 0.233. The van der Waals surface area contributed by atoms with Gasteiger partial charge in [0.15, 0.2) is 0 Å². The van der Waals surface area contributed by atoms with Crippen molar-refractivity contribution in [3.05, 3.63) is 145 Å². The van der Waals surface area contributed by atoms with Crippen LogP contribution in [0.3, 0.4) is 0 Å². The topological polar surface area (TPSA) is 33.6 Å². The van der Waals surface area contributed by atoms with E-state index in [0.29, 0.717) is 5.56 Å². The molecule has 0 aliphatic carbocycles. The van der Waals surface area contributed by atoms with Crippen molar-refractivity contribution in [2.24, 2.45) is 0 Å². The molecule has 0 N–H and O–H groups in total. The zero-order valence-corrected chi connectivity index (χ0v) is 21.6. The Labute approximate surface area is 231 Å². The van der Waals surface area contributed by atoms with Gasteiger partial charge in [0.1, 0.15) is 0 Å². The van der Waals surface area contributed by atoms with Gasteiger partial charge in [-0.25, -0.2) is 0 Å². The summed E-state index contributed by atoms with van der Waals surface area (Å²) in [5.74, 6) is 0. The van der Waals surface area contributed by atoms with Gasteiger partial charge in [-0.15, -0.1) is 0 Å². The van der Waals surface area contributed by atoms with Crippen LogP contribution in [0.5, 0.6) is 0 Å². The largest absolute Gasteiger partial charge is 0.309 e. The summed E-state index contributed by atoms with van der Waals surface area (Å²) >= 11 is 0. The zero-order chi connectivity index (χ0) is 26.6. The second-order valence-corrected chi connectivity index (χ2v) is 10.2. The molecular weight excluding hydrogens is 486 g/mol. The van der Waals surface area contributed by atoms with Crippen molar-refractivity contribution in [1.29, 1.82) is 5.26 Å². The molecule has 3 heteroatoms. The molecule has 0 aliphatic heterocycles. The Morgan fingerprint density at radius 3 is 1.68 bits per heavy atom. The summed E-state index contributed by atoms with van der Waals surface area (Å²) in [6, 6.07) is 51.4. The second kappa shape index (κ2) is 8.73. The first-order valence-electron chi connectivity index (χ1n) is 13.4. The van der Waals surface area contributed by atoms with E-state index in [1.807, 2.05) is 12.1 Å². The van der Waals surface area contributed by atoms with Crippen molar-refractivity contribution >= 4 is 43.6 Å². The maximum absolute atomic E-state index is 9.50. The number of nitrogens with zero attached hydrogens (tertiary/aromatic N) is 3. The fraction of sp³-hybridized carbons (Fsp3) is 0. The second-order valence-electron chi connectivity index (χ2n) is 10.2. The fourth-order valence-corrected chi connectivity index (χ4v) is 6.15. The van der Waals surface area contributed by atoms with Crippen LogP contribution in [0.25, 0.3) is 66.1 Å². The highest BCUT2D eigenvalue weighted by molar-refractivity contribution is 6.11. The average Bonchev–Trinajstić information content (AvgIpc) is 3.53. The third-order valence-corrected chi connectivity index (χ3v) is 7.93. The minimum atomic E-state index is 0.673. The van der Waals surface area contributed by atoms with Crippen molar-refractivity contribution in [1.82, 2.24) is 9.13 Å². The molecule has 8 aromatic rings. The molecule has 3 nitrogen and oxygen atoms in total. The minimum Gasteiger partial charge on any atom is -0.309 e. The Balaban J connectivity index is 1.33. The van der Waals surface area contributed by atoms with Crippen molar-refractivity contribution in [3.8, 4) is 28.6 Å². The van der Waals surface area contributed by atoms with Crippen LogP contribution in [-0.4, -0.2) is 9.13 Å². The molecular formula is C37H23N3. The van der Waals surface area contributed by atoms with Gasteiger partial charge in [-0.2, -0.15) is 5.26 Å². The Bertz CT molecular complexity index is 2280. The lowest BCUT2D eigenvalue weighted by atomic mass is 10.0. The monoisotopic (exact) mass is 509 g/mol. The van der Waals surface area contributed by atoms with Gasteiger partial charge in [0, 0.05) is 32.9 Å². The number of para-hydroxylation sites is 3. The zero-order valence-electron chi connectivity index (χ0n) is 21.6. The van der Waals surface area contributed by atoms with E-state index in [-0.39, 0.29) is 0 Å². The van der Waals surface area contributed by atoms with Crippen LogP contribution >= 0.6 is 0 Å². The van der Waals surface area contributed by atoms with E-state index in [2.05, 4.69) is 143 Å². The molecule has 0 saturated carbocycles. The van der Waals surface area contributed by atoms with E-state index in [9.17, 15) is 5.26 Å². The molecule has 0 aliphatic rings. The molecule has 40 heavy (non-hydrogen) atoms. The Kier molecular flexibility index (Phi) is 4.89. The van der Waals surface area contributed by atoms with Crippen molar-refractivity contribution < 1.29 is 0 Å². The highest BCUT2D eigenvalue weighted by atomic mass is 15.0.